The van der Waals surface area contributed by atoms with Crippen molar-refractivity contribution in [3.63, 3.8) is 0 Å². The number of amides is 1. The molecule has 3 heterocycles. The molecule has 1 N–H and O–H groups in total. The molecule has 2 fully saturated rings. The van der Waals surface area contributed by atoms with Gasteiger partial charge in [0, 0.05) is 50.6 Å². The minimum absolute atomic E-state index is 0.0747. The summed E-state index contributed by atoms with van der Waals surface area (Å²) in [5, 5.41) is 11.0. The van der Waals surface area contributed by atoms with Crippen molar-refractivity contribution in [2.45, 2.75) is 45.1 Å². The Kier molecular flexibility index (Phi) is 5.51. The van der Waals surface area contributed by atoms with Gasteiger partial charge in [0.2, 0.25) is 5.91 Å². The van der Waals surface area contributed by atoms with Crippen molar-refractivity contribution in [2.24, 2.45) is 0 Å². The standard InChI is InChI=1S/C27H31N7O/c1-3-25(35)33-14-12-32(13-15-33)23-17-24(34-27(29-23)30-26(31-34)20-9-10-20)28-18(2)21-11-8-19-6-4-5-7-22(19)16-21/h4-8,11,16-18,20,28H,3,9-10,12-15H2,1-2H3/t18-/m1/s1. The molecule has 2 aliphatic rings. The molecular formula is C27H31N7O. The van der Waals surface area contributed by atoms with Crippen LogP contribution in [0.5, 0.6) is 0 Å². The third-order valence-corrected chi connectivity index (χ3v) is 7.15. The summed E-state index contributed by atoms with van der Waals surface area (Å²) in [4.78, 5) is 25.9. The molecule has 1 aliphatic heterocycles. The van der Waals surface area contributed by atoms with Crippen LogP contribution in [0.2, 0.25) is 0 Å². The van der Waals surface area contributed by atoms with Crippen LogP contribution in [-0.2, 0) is 4.79 Å². The second kappa shape index (κ2) is 8.83. The normalized spacial score (nSPS) is 17.2. The van der Waals surface area contributed by atoms with Gasteiger partial charge in [-0.05, 0) is 42.2 Å². The summed E-state index contributed by atoms with van der Waals surface area (Å²) >= 11 is 0. The number of hydrogen-bond donors (Lipinski definition) is 1. The number of aromatic nitrogens is 4. The quantitative estimate of drug-likeness (QED) is 0.451. The third kappa shape index (κ3) is 4.29. The highest BCUT2D eigenvalue weighted by Crippen LogP contribution is 2.38. The van der Waals surface area contributed by atoms with E-state index in [2.05, 4.69) is 65.7 Å². The predicted molar refractivity (Wildman–Crippen MR) is 138 cm³/mol. The van der Waals surface area contributed by atoms with Gasteiger partial charge < -0.3 is 15.1 Å². The van der Waals surface area contributed by atoms with Gasteiger partial charge >= 0.3 is 0 Å². The average Bonchev–Trinajstić information content (AvgIpc) is 3.66. The Hall–Kier alpha value is -3.68. The molecule has 0 bridgehead atoms. The molecule has 0 radical (unpaired) electrons. The highest BCUT2D eigenvalue weighted by atomic mass is 16.2. The smallest absolute Gasteiger partial charge is 0.256 e. The third-order valence-electron chi connectivity index (χ3n) is 7.15. The Morgan fingerprint density at radius 3 is 2.54 bits per heavy atom. The molecule has 180 valence electrons. The van der Waals surface area contributed by atoms with Crippen molar-refractivity contribution < 1.29 is 4.79 Å². The van der Waals surface area contributed by atoms with Crippen molar-refractivity contribution in [1.29, 1.82) is 0 Å². The Morgan fingerprint density at radius 2 is 1.80 bits per heavy atom. The van der Waals surface area contributed by atoms with Crippen LogP contribution in [0.3, 0.4) is 0 Å². The molecule has 1 aliphatic carbocycles. The lowest BCUT2D eigenvalue weighted by molar-refractivity contribution is -0.131. The summed E-state index contributed by atoms with van der Waals surface area (Å²) in [7, 11) is 0. The van der Waals surface area contributed by atoms with E-state index in [-0.39, 0.29) is 11.9 Å². The topological polar surface area (TPSA) is 78.7 Å². The Morgan fingerprint density at radius 1 is 1.03 bits per heavy atom. The van der Waals surface area contributed by atoms with Crippen LogP contribution in [-0.4, -0.2) is 56.6 Å². The average molecular weight is 470 g/mol. The SMILES string of the molecule is CCC(=O)N1CCN(c2cc(N[C@H](C)c3ccc4ccccc4c3)n3nc(C4CC4)nc3n2)CC1. The first-order chi connectivity index (χ1) is 17.1. The number of hydrogen-bond acceptors (Lipinski definition) is 6. The first-order valence-corrected chi connectivity index (χ1v) is 12.6. The van der Waals surface area contributed by atoms with Crippen molar-refractivity contribution in [2.75, 3.05) is 36.4 Å². The van der Waals surface area contributed by atoms with Gasteiger partial charge in [0.15, 0.2) is 5.82 Å². The van der Waals surface area contributed by atoms with E-state index in [1.165, 1.54) is 16.3 Å². The fourth-order valence-corrected chi connectivity index (χ4v) is 4.84. The lowest BCUT2D eigenvalue weighted by atomic mass is 10.0. The maximum absolute atomic E-state index is 12.1. The number of rotatable bonds is 6. The van der Waals surface area contributed by atoms with E-state index in [1.807, 2.05) is 16.3 Å². The van der Waals surface area contributed by atoms with Crippen LogP contribution in [0, 0.1) is 0 Å². The highest BCUT2D eigenvalue weighted by molar-refractivity contribution is 5.83. The summed E-state index contributed by atoms with van der Waals surface area (Å²) in [6.45, 7) is 7.05. The second-order valence-corrected chi connectivity index (χ2v) is 9.65. The van der Waals surface area contributed by atoms with Gasteiger partial charge in [-0.15, -0.1) is 5.10 Å². The van der Waals surface area contributed by atoms with Crippen LogP contribution >= 0.6 is 0 Å². The number of benzene rings is 2. The van der Waals surface area contributed by atoms with Crippen LogP contribution in [0.1, 0.15) is 56.5 Å². The monoisotopic (exact) mass is 469 g/mol. The zero-order chi connectivity index (χ0) is 23.9. The molecule has 0 unspecified atom stereocenters. The summed E-state index contributed by atoms with van der Waals surface area (Å²) in [6, 6.07) is 17.2. The molecule has 35 heavy (non-hydrogen) atoms. The van der Waals surface area contributed by atoms with Crippen LogP contribution in [0.25, 0.3) is 16.6 Å². The van der Waals surface area contributed by atoms with E-state index in [9.17, 15) is 4.79 Å². The Balaban J connectivity index is 1.31. The molecule has 0 spiro atoms. The number of fused-ring (bicyclic) bond motifs is 2. The van der Waals surface area contributed by atoms with Crippen molar-refractivity contribution in [3.8, 4) is 0 Å². The molecule has 1 saturated carbocycles. The molecule has 1 amide bonds. The number of carbonyl (C=O) groups excluding carboxylic acids is 1. The van der Waals surface area contributed by atoms with Crippen LogP contribution < -0.4 is 10.2 Å². The van der Waals surface area contributed by atoms with Gasteiger partial charge in [-0.25, -0.2) is 0 Å². The minimum atomic E-state index is 0.0747. The molecule has 4 aromatic rings. The molecular weight excluding hydrogens is 438 g/mol. The predicted octanol–water partition coefficient (Wildman–Crippen LogP) is 4.39. The number of nitrogens with zero attached hydrogens (tertiary/aromatic N) is 6. The van der Waals surface area contributed by atoms with Crippen molar-refractivity contribution in [1.82, 2.24) is 24.5 Å². The summed E-state index contributed by atoms with van der Waals surface area (Å²) < 4.78 is 1.85. The number of piperazine rings is 1. The van der Waals surface area contributed by atoms with E-state index >= 15 is 0 Å². The van der Waals surface area contributed by atoms with Gasteiger partial charge in [-0.3, -0.25) is 4.79 Å². The summed E-state index contributed by atoms with van der Waals surface area (Å²) in [5.74, 6) is 3.95. The minimum Gasteiger partial charge on any atom is -0.363 e. The molecule has 1 atom stereocenters. The van der Waals surface area contributed by atoms with E-state index in [4.69, 9.17) is 15.1 Å². The number of anilines is 2. The number of carbonyl (C=O) groups is 1. The molecule has 6 rings (SSSR count). The molecule has 8 nitrogen and oxygen atoms in total. The lowest BCUT2D eigenvalue weighted by Crippen LogP contribution is -2.48. The summed E-state index contributed by atoms with van der Waals surface area (Å²) in [6.07, 6.45) is 2.84. The van der Waals surface area contributed by atoms with Crippen LogP contribution in [0.15, 0.2) is 48.5 Å². The molecule has 1 saturated heterocycles. The highest BCUT2D eigenvalue weighted by Gasteiger charge is 2.29. The van der Waals surface area contributed by atoms with Gasteiger partial charge in [0.05, 0.1) is 0 Å². The fraction of sp³-hybridized carbons (Fsp3) is 0.407. The maximum atomic E-state index is 12.1. The Labute approximate surface area is 205 Å². The largest absolute Gasteiger partial charge is 0.363 e. The van der Waals surface area contributed by atoms with Gasteiger partial charge in [0.25, 0.3) is 5.78 Å². The zero-order valence-electron chi connectivity index (χ0n) is 20.3. The van der Waals surface area contributed by atoms with E-state index < -0.39 is 0 Å². The molecule has 8 heteroatoms. The second-order valence-electron chi connectivity index (χ2n) is 9.65. The number of nitrogens with one attached hydrogen (secondary N) is 1. The Bertz CT molecular complexity index is 1390. The van der Waals surface area contributed by atoms with E-state index in [1.54, 1.807) is 0 Å². The van der Waals surface area contributed by atoms with Gasteiger partial charge in [-0.2, -0.15) is 14.5 Å². The summed E-state index contributed by atoms with van der Waals surface area (Å²) in [5.41, 5.74) is 1.21. The van der Waals surface area contributed by atoms with Crippen molar-refractivity contribution in [3.05, 3.63) is 59.9 Å². The maximum Gasteiger partial charge on any atom is 0.256 e. The van der Waals surface area contributed by atoms with Crippen LogP contribution in [0.4, 0.5) is 11.6 Å². The van der Waals surface area contributed by atoms with Gasteiger partial charge in [0.1, 0.15) is 11.6 Å². The molecule has 2 aromatic carbocycles. The van der Waals surface area contributed by atoms with Crippen molar-refractivity contribution >= 4 is 34.1 Å². The first kappa shape index (κ1) is 21.8. The zero-order valence-corrected chi connectivity index (χ0v) is 20.3. The van der Waals surface area contributed by atoms with Gasteiger partial charge in [-0.1, -0.05) is 43.3 Å². The lowest BCUT2D eigenvalue weighted by Gasteiger charge is -2.35. The fourth-order valence-electron chi connectivity index (χ4n) is 4.84. The molecule has 2 aromatic heterocycles. The van der Waals surface area contributed by atoms with E-state index in [0.717, 1.165) is 56.5 Å². The van der Waals surface area contributed by atoms with E-state index in [0.29, 0.717) is 18.1 Å². The first-order valence-electron chi connectivity index (χ1n) is 12.6.